The summed E-state index contributed by atoms with van der Waals surface area (Å²) >= 11 is 3.27. The molecule has 1 fully saturated rings. The third kappa shape index (κ3) is 4.51. The molecule has 0 aromatic carbocycles. The van der Waals surface area contributed by atoms with Gasteiger partial charge in [0.1, 0.15) is 0 Å². The number of rotatable bonds is 4. The van der Waals surface area contributed by atoms with Crippen LogP contribution in [0.1, 0.15) is 26.2 Å². The van der Waals surface area contributed by atoms with Crippen LogP contribution < -0.4 is 5.32 Å². The number of likely N-dealkylation sites (tertiary alicyclic amines) is 1. The molecule has 1 heterocycles. The lowest BCUT2D eigenvalue weighted by atomic mass is 9.96. The molecule has 0 aromatic heterocycles. The van der Waals surface area contributed by atoms with Crippen LogP contribution in [0.2, 0.25) is 0 Å². The lowest BCUT2D eigenvalue weighted by Crippen LogP contribution is -2.41. The first kappa shape index (κ1) is 13.5. The van der Waals surface area contributed by atoms with E-state index in [-0.39, 0.29) is 11.8 Å². The van der Waals surface area contributed by atoms with Crippen molar-refractivity contribution in [3.05, 3.63) is 0 Å². The monoisotopic (exact) mass is 290 g/mol. The number of alkyl halides is 1. The standard InChI is InChI=1S/C11H19BrN2O2/c1-9(15)13-8-10-3-6-14(7-4-10)11(16)2-5-12/h10H,2-8H2,1H3,(H,13,15). The molecule has 0 spiro atoms. The fourth-order valence-electron chi connectivity index (χ4n) is 1.91. The molecule has 0 atom stereocenters. The van der Waals surface area contributed by atoms with E-state index in [9.17, 15) is 9.59 Å². The van der Waals surface area contributed by atoms with Crippen molar-refractivity contribution in [2.24, 2.45) is 5.92 Å². The Labute approximate surface area is 105 Å². The van der Waals surface area contributed by atoms with E-state index in [0.717, 1.165) is 37.8 Å². The van der Waals surface area contributed by atoms with Gasteiger partial charge >= 0.3 is 0 Å². The molecule has 1 saturated heterocycles. The van der Waals surface area contributed by atoms with Gasteiger partial charge in [0.05, 0.1) is 0 Å². The molecule has 5 heteroatoms. The molecule has 0 saturated carbocycles. The van der Waals surface area contributed by atoms with Gasteiger partial charge < -0.3 is 10.2 Å². The van der Waals surface area contributed by atoms with Gasteiger partial charge in [0.25, 0.3) is 0 Å². The van der Waals surface area contributed by atoms with Crippen LogP contribution in [-0.4, -0.2) is 41.7 Å². The summed E-state index contributed by atoms with van der Waals surface area (Å²) in [7, 11) is 0. The van der Waals surface area contributed by atoms with Crippen LogP contribution in [0, 0.1) is 5.92 Å². The third-order valence-electron chi connectivity index (χ3n) is 2.92. The normalized spacial score (nSPS) is 17.2. The SMILES string of the molecule is CC(=O)NCC1CCN(C(=O)CCBr)CC1. The minimum atomic E-state index is 0.0257. The van der Waals surface area contributed by atoms with E-state index in [1.165, 1.54) is 6.92 Å². The molecule has 4 nitrogen and oxygen atoms in total. The lowest BCUT2D eigenvalue weighted by Gasteiger charge is -2.32. The van der Waals surface area contributed by atoms with Gasteiger partial charge in [-0.1, -0.05) is 15.9 Å². The highest BCUT2D eigenvalue weighted by atomic mass is 79.9. The van der Waals surface area contributed by atoms with Crippen molar-refractivity contribution in [1.29, 1.82) is 0 Å². The van der Waals surface area contributed by atoms with Crippen molar-refractivity contribution in [3.8, 4) is 0 Å². The molecule has 0 unspecified atom stereocenters. The highest BCUT2D eigenvalue weighted by Crippen LogP contribution is 2.17. The maximum atomic E-state index is 11.6. The molecule has 92 valence electrons. The van der Waals surface area contributed by atoms with E-state index in [1.807, 2.05) is 4.90 Å². The van der Waals surface area contributed by atoms with Gasteiger partial charge in [-0.25, -0.2) is 0 Å². The molecular weight excluding hydrogens is 272 g/mol. The summed E-state index contributed by atoms with van der Waals surface area (Å²) in [6, 6.07) is 0. The third-order valence-corrected chi connectivity index (χ3v) is 3.31. The summed E-state index contributed by atoms with van der Waals surface area (Å²) in [5.74, 6) is 0.782. The molecule has 1 N–H and O–H groups in total. The van der Waals surface area contributed by atoms with Crippen molar-refractivity contribution in [1.82, 2.24) is 10.2 Å². The molecule has 0 aromatic rings. The second kappa shape index (κ2) is 6.89. The smallest absolute Gasteiger partial charge is 0.223 e. The summed E-state index contributed by atoms with van der Waals surface area (Å²) in [6.45, 7) is 3.94. The van der Waals surface area contributed by atoms with Crippen molar-refractivity contribution in [2.45, 2.75) is 26.2 Å². The molecule has 2 amide bonds. The molecule has 1 aliphatic heterocycles. The van der Waals surface area contributed by atoms with Crippen molar-refractivity contribution in [2.75, 3.05) is 25.0 Å². The number of amides is 2. The fraction of sp³-hybridized carbons (Fsp3) is 0.818. The Bertz CT molecular complexity index is 250. The predicted octanol–water partition coefficient (Wildman–Crippen LogP) is 1.15. The first-order chi connectivity index (χ1) is 7.63. The Morgan fingerprint density at radius 3 is 2.50 bits per heavy atom. The molecule has 16 heavy (non-hydrogen) atoms. The first-order valence-electron chi connectivity index (χ1n) is 5.71. The summed E-state index contributed by atoms with van der Waals surface area (Å²) in [5.41, 5.74) is 0. The predicted molar refractivity (Wildman–Crippen MR) is 66.4 cm³/mol. The average molecular weight is 291 g/mol. The number of piperidine rings is 1. The van der Waals surface area contributed by atoms with Crippen molar-refractivity contribution < 1.29 is 9.59 Å². The number of hydrogen-bond donors (Lipinski definition) is 1. The lowest BCUT2D eigenvalue weighted by molar-refractivity contribution is -0.132. The zero-order valence-electron chi connectivity index (χ0n) is 9.67. The average Bonchev–Trinajstić information content (AvgIpc) is 2.27. The van der Waals surface area contributed by atoms with Gasteiger partial charge in [0, 0.05) is 38.3 Å². The van der Waals surface area contributed by atoms with Gasteiger partial charge in [0.2, 0.25) is 11.8 Å². The van der Waals surface area contributed by atoms with E-state index in [0.29, 0.717) is 12.3 Å². The topological polar surface area (TPSA) is 49.4 Å². The molecular formula is C11H19BrN2O2. The maximum absolute atomic E-state index is 11.6. The summed E-state index contributed by atoms with van der Waals surface area (Å²) in [6.07, 6.45) is 2.57. The van der Waals surface area contributed by atoms with Gasteiger partial charge in [-0.3, -0.25) is 9.59 Å². The zero-order chi connectivity index (χ0) is 12.0. The molecule has 1 rings (SSSR count). The quantitative estimate of drug-likeness (QED) is 0.790. The van der Waals surface area contributed by atoms with E-state index in [4.69, 9.17) is 0 Å². The fourth-order valence-corrected chi connectivity index (χ4v) is 2.25. The van der Waals surface area contributed by atoms with Crippen LogP contribution in [0.4, 0.5) is 0 Å². The Morgan fingerprint density at radius 2 is 2.00 bits per heavy atom. The van der Waals surface area contributed by atoms with Crippen molar-refractivity contribution >= 4 is 27.7 Å². The van der Waals surface area contributed by atoms with Crippen LogP contribution in [0.5, 0.6) is 0 Å². The Balaban J connectivity index is 2.23. The van der Waals surface area contributed by atoms with E-state index in [1.54, 1.807) is 0 Å². The van der Waals surface area contributed by atoms with Crippen LogP contribution in [0.3, 0.4) is 0 Å². The number of hydrogen-bond acceptors (Lipinski definition) is 2. The minimum Gasteiger partial charge on any atom is -0.356 e. The zero-order valence-corrected chi connectivity index (χ0v) is 11.3. The van der Waals surface area contributed by atoms with Crippen LogP contribution >= 0.6 is 15.9 Å². The maximum Gasteiger partial charge on any atom is 0.223 e. The minimum absolute atomic E-state index is 0.0257. The van der Waals surface area contributed by atoms with Gasteiger partial charge in [-0.2, -0.15) is 0 Å². The summed E-state index contributed by atoms with van der Waals surface area (Å²) < 4.78 is 0. The Hall–Kier alpha value is -0.580. The Kier molecular flexibility index (Phi) is 5.80. The van der Waals surface area contributed by atoms with E-state index in [2.05, 4.69) is 21.2 Å². The molecule has 0 bridgehead atoms. The van der Waals surface area contributed by atoms with Gasteiger partial charge in [-0.15, -0.1) is 0 Å². The second-order valence-corrected chi connectivity index (χ2v) is 4.99. The number of carbonyl (C=O) groups is 2. The Morgan fingerprint density at radius 1 is 1.38 bits per heavy atom. The van der Waals surface area contributed by atoms with E-state index < -0.39 is 0 Å². The molecule has 0 radical (unpaired) electrons. The first-order valence-corrected chi connectivity index (χ1v) is 6.83. The van der Waals surface area contributed by atoms with Crippen molar-refractivity contribution in [3.63, 3.8) is 0 Å². The number of carbonyl (C=O) groups excluding carboxylic acids is 2. The van der Waals surface area contributed by atoms with Crippen LogP contribution in [0.25, 0.3) is 0 Å². The summed E-state index contributed by atoms with van der Waals surface area (Å²) in [5, 5.41) is 3.57. The second-order valence-electron chi connectivity index (χ2n) is 4.20. The van der Waals surface area contributed by atoms with Crippen LogP contribution in [0.15, 0.2) is 0 Å². The number of nitrogens with one attached hydrogen (secondary N) is 1. The highest BCUT2D eigenvalue weighted by Gasteiger charge is 2.22. The number of halogens is 1. The van der Waals surface area contributed by atoms with Crippen LogP contribution in [-0.2, 0) is 9.59 Å². The molecule has 0 aliphatic carbocycles. The summed E-state index contributed by atoms with van der Waals surface area (Å²) in [4.78, 5) is 24.3. The van der Waals surface area contributed by atoms with E-state index >= 15 is 0 Å². The van der Waals surface area contributed by atoms with Gasteiger partial charge in [-0.05, 0) is 18.8 Å². The molecule has 1 aliphatic rings. The largest absolute Gasteiger partial charge is 0.356 e. The highest BCUT2D eigenvalue weighted by molar-refractivity contribution is 9.09. The number of nitrogens with zero attached hydrogens (tertiary/aromatic N) is 1. The van der Waals surface area contributed by atoms with Gasteiger partial charge in [0.15, 0.2) is 0 Å².